The Morgan fingerprint density at radius 3 is 1.95 bits per heavy atom. The van der Waals surface area contributed by atoms with Gasteiger partial charge in [0.1, 0.15) is 67.1 Å². The van der Waals surface area contributed by atoms with Crippen LogP contribution in [0.5, 0.6) is 0 Å². The van der Waals surface area contributed by atoms with E-state index < -0.39 is 122 Å². The van der Waals surface area contributed by atoms with Gasteiger partial charge in [0, 0.05) is 6.92 Å². The number of aliphatic hydroxyl groups is 6. The molecule has 0 aromatic heterocycles. The molecule has 15 unspecified atom stereocenters. The molecule has 17 nitrogen and oxygen atoms in total. The van der Waals surface area contributed by atoms with Gasteiger partial charge in [-0.2, -0.15) is 0 Å². The summed E-state index contributed by atoms with van der Waals surface area (Å²) < 4.78 is 34.0. The average molecular weight is 640 g/mol. The van der Waals surface area contributed by atoms with Crippen molar-refractivity contribution >= 4 is 18.2 Å². The van der Waals surface area contributed by atoms with E-state index in [1.54, 1.807) is 34.6 Å². The van der Waals surface area contributed by atoms with Crippen molar-refractivity contribution in [2.24, 2.45) is 5.41 Å². The quantitative estimate of drug-likeness (QED) is 0.107. The number of carboxylic acids is 1. The summed E-state index contributed by atoms with van der Waals surface area (Å²) in [6, 6.07) is -1.53. The van der Waals surface area contributed by atoms with E-state index in [1.165, 1.54) is 0 Å². The number of hydrogen-bond donors (Lipinski definition) is 8. The summed E-state index contributed by atoms with van der Waals surface area (Å²) in [6.45, 7) is 8.55. The van der Waals surface area contributed by atoms with E-state index in [9.17, 15) is 50.1 Å². The van der Waals surface area contributed by atoms with Crippen LogP contribution in [0.1, 0.15) is 41.5 Å². The number of amides is 1. The van der Waals surface area contributed by atoms with Crippen LogP contribution in [-0.4, -0.2) is 158 Å². The average Bonchev–Trinajstić information content (AvgIpc) is 2.92. The van der Waals surface area contributed by atoms with E-state index in [1.807, 2.05) is 0 Å². The number of aliphatic carboxylic acids is 1. The minimum absolute atomic E-state index is 0.333. The highest BCUT2D eigenvalue weighted by atomic mass is 16.7. The number of carboxylic acid groups (broad SMARTS) is 1. The maximum absolute atomic E-state index is 12.2. The molecule has 44 heavy (non-hydrogen) atoms. The van der Waals surface area contributed by atoms with Gasteiger partial charge in [-0.3, -0.25) is 4.79 Å². The summed E-state index contributed by atoms with van der Waals surface area (Å²) in [5, 5.41) is 76.6. The van der Waals surface area contributed by atoms with Crippen molar-refractivity contribution in [1.29, 1.82) is 0 Å². The molecule has 0 aliphatic carbocycles. The first-order valence-electron chi connectivity index (χ1n) is 14.3. The van der Waals surface area contributed by atoms with Crippen LogP contribution >= 0.6 is 0 Å². The minimum atomic E-state index is -1.83. The molecule has 3 rings (SSSR count). The molecule has 1 amide bonds. The second-order valence-electron chi connectivity index (χ2n) is 12.5. The van der Waals surface area contributed by atoms with Gasteiger partial charge in [-0.15, -0.1) is 0 Å². The molecule has 0 bridgehead atoms. The predicted octanol–water partition coefficient (Wildman–Crippen LogP) is -3.60. The zero-order chi connectivity index (χ0) is 33.3. The largest absolute Gasteiger partial charge is 0.479 e. The Kier molecular flexibility index (Phi) is 12.2. The van der Waals surface area contributed by atoms with Crippen molar-refractivity contribution in [3.63, 3.8) is 0 Å². The molecule has 254 valence electrons. The molecule has 0 aromatic carbocycles. The SMILES string of the molecule is CC(=O)NC1C(OC2C(C(=O)O)OC(C(C)(C)C)C(O)C2O)OC(CO)C(O)C1OC1OC(C=O)C(OC(C)C)C(O)C1O. The Morgan fingerprint density at radius 2 is 1.45 bits per heavy atom. The normalized spacial score (nSPS) is 43.4. The highest BCUT2D eigenvalue weighted by Gasteiger charge is 2.56. The molecule has 0 radical (unpaired) electrons. The fraction of sp³-hybridized carbons (Fsp3) is 0.889. The molecule has 3 fully saturated rings. The van der Waals surface area contributed by atoms with Gasteiger partial charge in [-0.1, -0.05) is 20.8 Å². The Labute approximate surface area is 253 Å². The minimum Gasteiger partial charge on any atom is -0.479 e. The van der Waals surface area contributed by atoms with Crippen molar-refractivity contribution in [2.45, 2.75) is 140 Å². The van der Waals surface area contributed by atoms with Gasteiger partial charge in [0.15, 0.2) is 25.0 Å². The monoisotopic (exact) mass is 639 g/mol. The number of aliphatic hydroxyl groups excluding tert-OH is 6. The standard InChI is InChI=1S/C27H45NO16/c1-9(2)39-19-12(8-30)41-26(18(36)16(19)34)43-20-13(28-10(3)31)25(40-11(7-29)14(20)32)44-21-15(33)17(35)23(27(4,5)6)42-22(21)24(37)38/h8-9,11-23,25-26,29,32-36H,7H2,1-6H3,(H,28,31)(H,37,38). The van der Waals surface area contributed by atoms with E-state index in [2.05, 4.69) is 5.32 Å². The topological polar surface area (TPSA) is 260 Å². The second-order valence-corrected chi connectivity index (χ2v) is 12.5. The van der Waals surface area contributed by atoms with Crippen LogP contribution in [0.3, 0.4) is 0 Å². The van der Waals surface area contributed by atoms with Crippen molar-refractivity contribution in [3.05, 3.63) is 0 Å². The van der Waals surface area contributed by atoms with Crippen LogP contribution in [0.2, 0.25) is 0 Å². The number of nitrogens with one attached hydrogen (secondary N) is 1. The smallest absolute Gasteiger partial charge is 0.335 e. The third kappa shape index (κ3) is 7.91. The predicted molar refractivity (Wildman–Crippen MR) is 144 cm³/mol. The molecule has 3 saturated heterocycles. The lowest BCUT2D eigenvalue weighted by Crippen LogP contribution is -2.70. The molecule has 15 atom stereocenters. The number of ether oxygens (including phenoxy) is 6. The number of carbonyl (C=O) groups is 3. The lowest BCUT2D eigenvalue weighted by atomic mass is 9.80. The van der Waals surface area contributed by atoms with Gasteiger partial charge in [0.05, 0.1) is 18.8 Å². The number of hydrogen-bond acceptors (Lipinski definition) is 15. The van der Waals surface area contributed by atoms with E-state index in [4.69, 9.17) is 28.4 Å². The fourth-order valence-electron chi connectivity index (χ4n) is 5.54. The van der Waals surface area contributed by atoms with Crippen LogP contribution in [0, 0.1) is 5.41 Å². The third-order valence-corrected chi connectivity index (χ3v) is 7.64. The maximum atomic E-state index is 12.2. The second kappa shape index (κ2) is 14.7. The molecule has 0 saturated carbocycles. The lowest BCUT2D eigenvalue weighted by molar-refractivity contribution is -0.355. The fourth-order valence-corrected chi connectivity index (χ4v) is 5.54. The molecule has 0 spiro atoms. The van der Waals surface area contributed by atoms with E-state index in [0.717, 1.165) is 6.92 Å². The van der Waals surface area contributed by atoms with Crippen LogP contribution in [0.15, 0.2) is 0 Å². The Hall–Kier alpha value is -1.87. The summed E-state index contributed by atoms with van der Waals surface area (Å²) in [7, 11) is 0. The molecule has 0 aromatic rings. The zero-order valence-corrected chi connectivity index (χ0v) is 25.3. The van der Waals surface area contributed by atoms with Crippen LogP contribution in [-0.2, 0) is 42.8 Å². The van der Waals surface area contributed by atoms with Crippen LogP contribution in [0.25, 0.3) is 0 Å². The van der Waals surface area contributed by atoms with Crippen molar-refractivity contribution in [1.82, 2.24) is 5.32 Å². The summed E-state index contributed by atoms with van der Waals surface area (Å²) >= 11 is 0. The lowest BCUT2D eigenvalue weighted by Gasteiger charge is -2.50. The van der Waals surface area contributed by atoms with E-state index >= 15 is 0 Å². The summed E-state index contributed by atoms with van der Waals surface area (Å²) in [5.41, 5.74) is -0.797. The van der Waals surface area contributed by atoms with Gasteiger partial charge in [0.2, 0.25) is 5.91 Å². The molecule has 3 aliphatic heterocycles. The number of rotatable bonds is 10. The first-order chi connectivity index (χ1) is 20.4. The summed E-state index contributed by atoms with van der Waals surface area (Å²) in [6.07, 6.45) is -22.9. The van der Waals surface area contributed by atoms with Gasteiger partial charge in [-0.25, -0.2) is 4.79 Å². The van der Waals surface area contributed by atoms with E-state index in [0.29, 0.717) is 6.29 Å². The molecular formula is C27H45NO16. The highest BCUT2D eigenvalue weighted by Crippen LogP contribution is 2.37. The Balaban J connectivity index is 1.94. The Morgan fingerprint density at radius 1 is 0.864 bits per heavy atom. The van der Waals surface area contributed by atoms with Crippen molar-refractivity contribution < 1.29 is 78.6 Å². The van der Waals surface area contributed by atoms with Crippen LogP contribution < -0.4 is 5.32 Å². The van der Waals surface area contributed by atoms with Crippen molar-refractivity contribution in [2.75, 3.05) is 6.61 Å². The molecule has 17 heteroatoms. The van der Waals surface area contributed by atoms with Crippen LogP contribution in [0.4, 0.5) is 0 Å². The van der Waals surface area contributed by atoms with Gasteiger partial charge in [-0.05, 0) is 19.3 Å². The molecule has 8 N–H and O–H groups in total. The molecule has 3 aliphatic rings. The summed E-state index contributed by atoms with van der Waals surface area (Å²) in [4.78, 5) is 36.2. The van der Waals surface area contributed by atoms with Crippen molar-refractivity contribution in [3.8, 4) is 0 Å². The molecule has 3 heterocycles. The highest BCUT2D eigenvalue weighted by molar-refractivity contribution is 5.74. The van der Waals surface area contributed by atoms with Gasteiger partial charge >= 0.3 is 5.97 Å². The molecular weight excluding hydrogens is 594 g/mol. The number of carbonyl (C=O) groups excluding carboxylic acids is 2. The first kappa shape index (κ1) is 36.6. The third-order valence-electron chi connectivity index (χ3n) is 7.64. The van der Waals surface area contributed by atoms with Gasteiger partial charge < -0.3 is 74.3 Å². The van der Waals surface area contributed by atoms with E-state index in [-0.39, 0.29) is 0 Å². The van der Waals surface area contributed by atoms with Gasteiger partial charge in [0.25, 0.3) is 0 Å². The maximum Gasteiger partial charge on any atom is 0.335 e. The first-order valence-corrected chi connectivity index (χ1v) is 14.3. The zero-order valence-electron chi connectivity index (χ0n) is 25.3. The summed E-state index contributed by atoms with van der Waals surface area (Å²) in [5.74, 6) is -2.25. The number of aldehydes is 1. The Bertz CT molecular complexity index is 991.